The first-order chi connectivity index (χ1) is 14.8. The van der Waals surface area contributed by atoms with Crippen LogP contribution in [0.4, 0.5) is 0 Å². The highest BCUT2D eigenvalue weighted by molar-refractivity contribution is 14.0. The van der Waals surface area contributed by atoms with Gasteiger partial charge in [-0.3, -0.25) is 9.89 Å². The van der Waals surface area contributed by atoms with E-state index in [1.165, 1.54) is 32.1 Å². The van der Waals surface area contributed by atoms with Gasteiger partial charge in [0.2, 0.25) is 5.88 Å². The van der Waals surface area contributed by atoms with Gasteiger partial charge in [0.1, 0.15) is 5.76 Å². The summed E-state index contributed by atoms with van der Waals surface area (Å²) >= 11 is 0. The molecule has 1 saturated carbocycles. The van der Waals surface area contributed by atoms with E-state index in [4.69, 9.17) is 9.15 Å². The van der Waals surface area contributed by atoms with Crippen LogP contribution in [0.3, 0.4) is 0 Å². The van der Waals surface area contributed by atoms with Gasteiger partial charge in [-0.25, -0.2) is 4.98 Å². The second-order valence-electron chi connectivity index (χ2n) is 8.19. The molecular formula is C23H34IN5O2. The number of halogens is 1. The van der Waals surface area contributed by atoms with E-state index in [2.05, 4.69) is 37.6 Å². The molecule has 2 aliphatic rings. The first kappa shape index (κ1) is 23.8. The Morgan fingerprint density at radius 1 is 1.23 bits per heavy atom. The summed E-state index contributed by atoms with van der Waals surface area (Å²) in [6.45, 7) is 4.42. The number of hydrogen-bond donors (Lipinski definition) is 2. The molecule has 1 atom stereocenters. The lowest BCUT2D eigenvalue weighted by Gasteiger charge is -2.33. The van der Waals surface area contributed by atoms with E-state index in [0.29, 0.717) is 12.4 Å². The Bertz CT molecular complexity index is 787. The zero-order chi connectivity index (χ0) is 20.6. The van der Waals surface area contributed by atoms with Crippen LogP contribution in [-0.2, 0) is 6.54 Å². The number of ether oxygens (including phenoxy) is 1. The summed E-state index contributed by atoms with van der Waals surface area (Å²) in [5, 5.41) is 6.85. The van der Waals surface area contributed by atoms with Crippen LogP contribution in [0, 0.1) is 5.92 Å². The van der Waals surface area contributed by atoms with Crippen LogP contribution in [0.5, 0.6) is 5.88 Å². The molecule has 31 heavy (non-hydrogen) atoms. The highest BCUT2D eigenvalue weighted by atomic mass is 127. The average Bonchev–Trinajstić information content (AvgIpc) is 3.48. The maximum Gasteiger partial charge on any atom is 0.213 e. The van der Waals surface area contributed by atoms with Crippen molar-refractivity contribution < 1.29 is 9.15 Å². The molecule has 1 unspecified atom stereocenters. The van der Waals surface area contributed by atoms with E-state index in [-0.39, 0.29) is 30.0 Å². The van der Waals surface area contributed by atoms with Gasteiger partial charge in [-0.15, -0.1) is 24.0 Å². The van der Waals surface area contributed by atoms with Crippen LogP contribution in [0.1, 0.15) is 49.5 Å². The molecule has 0 amide bonds. The lowest BCUT2D eigenvalue weighted by molar-refractivity contribution is 0.146. The highest BCUT2D eigenvalue weighted by Crippen LogP contribution is 2.29. The van der Waals surface area contributed by atoms with Gasteiger partial charge in [0, 0.05) is 32.4 Å². The first-order valence-corrected chi connectivity index (χ1v) is 11.1. The van der Waals surface area contributed by atoms with Gasteiger partial charge < -0.3 is 19.8 Å². The van der Waals surface area contributed by atoms with Crippen LogP contribution in [0.15, 0.2) is 46.1 Å². The number of likely N-dealkylation sites (tertiary alicyclic amines) is 1. The SMILES string of the molecule is CN=C(NCc1ccc(OCC2CC2)nc1)NCC(c1ccco1)N1CCCCC1.I. The molecule has 1 aliphatic carbocycles. The minimum Gasteiger partial charge on any atom is -0.477 e. The fourth-order valence-corrected chi connectivity index (χ4v) is 3.81. The minimum absolute atomic E-state index is 0. The smallest absolute Gasteiger partial charge is 0.213 e. The monoisotopic (exact) mass is 539 g/mol. The van der Waals surface area contributed by atoms with E-state index in [0.717, 1.165) is 49.4 Å². The molecule has 4 rings (SSSR count). The Hall–Kier alpha value is -1.81. The predicted octanol–water partition coefficient (Wildman–Crippen LogP) is 3.97. The fraction of sp³-hybridized carbons (Fsp3) is 0.565. The molecule has 2 aromatic heterocycles. The molecule has 170 valence electrons. The lowest BCUT2D eigenvalue weighted by Crippen LogP contribution is -2.44. The van der Waals surface area contributed by atoms with E-state index in [1.807, 2.05) is 18.3 Å². The molecule has 1 aliphatic heterocycles. The fourth-order valence-electron chi connectivity index (χ4n) is 3.81. The second-order valence-corrected chi connectivity index (χ2v) is 8.19. The third-order valence-electron chi connectivity index (χ3n) is 5.81. The minimum atomic E-state index is 0. The maximum absolute atomic E-state index is 5.73. The van der Waals surface area contributed by atoms with Gasteiger partial charge in [0.05, 0.1) is 18.9 Å². The van der Waals surface area contributed by atoms with E-state index < -0.39 is 0 Å². The molecule has 0 aromatic carbocycles. The maximum atomic E-state index is 5.73. The molecule has 1 saturated heterocycles. The highest BCUT2D eigenvalue weighted by Gasteiger charge is 2.24. The van der Waals surface area contributed by atoms with Crippen molar-refractivity contribution in [2.45, 2.75) is 44.7 Å². The lowest BCUT2D eigenvalue weighted by atomic mass is 10.1. The Morgan fingerprint density at radius 3 is 2.71 bits per heavy atom. The van der Waals surface area contributed by atoms with Crippen molar-refractivity contribution in [1.82, 2.24) is 20.5 Å². The molecule has 0 radical (unpaired) electrons. The number of nitrogens with one attached hydrogen (secondary N) is 2. The van der Waals surface area contributed by atoms with Crippen molar-refractivity contribution in [2.75, 3.05) is 33.3 Å². The van der Waals surface area contributed by atoms with Crippen molar-refractivity contribution in [3.05, 3.63) is 48.0 Å². The summed E-state index contributed by atoms with van der Waals surface area (Å²) in [7, 11) is 1.80. The Labute approximate surface area is 202 Å². The van der Waals surface area contributed by atoms with Gasteiger partial charge in [-0.1, -0.05) is 12.5 Å². The Kier molecular flexibility index (Phi) is 9.45. The summed E-state index contributed by atoms with van der Waals surface area (Å²) in [6.07, 6.45) is 10.00. The molecule has 0 spiro atoms. The number of piperidine rings is 1. The zero-order valence-corrected chi connectivity index (χ0v) is 20.6. The molecule has 2 N–H and O–H groups in total. The van der Waals surface area contributed by atoms with Crippen molar-refractivity contribution in [1.29, 1.82) is 0 Å². The first-order valence-electron chi connectivity index (χ1n) is 11.1. The molecule has 8 heteroatoms. The molecular weight excluding hydrogens is 505 g/mol. The van der Waals surface area contributed by atoms with E-state index in [9.17, 15) is 0 Å². The topological polar surface area (TPSA) is 74.9 Å². The largest absolute Gasteiger partial charge is 0.477 e. The predicted molar refractivity (Wildman–Crippen MR) is 133 cm³/mol. The molecule has 2 fully saturated rings. The molecule has 7 nitrogen and oxygen atoms in total. The van der Waals surface area contributed by atoms with Crippen LogP contribution in [0.2, 0.25) is 0 Å². The number of hydrogen-bond acceptors (Lipinski definition) is 5. The summed E-state index contributed by atoms with van der Waals surface area (Å²) < 4.78 is 11.4. The Morgan fingerprint density at radius 2 is 2.06 bits per heavy atom. The summed E-state index contributed by atoms with van der Waals surface area (Å²) in [4.78, 5) is 11.3. The van der Waals surface area contributed by atoms with E-state index in [1.54, 1.807) is 13.3 Å². The van der Waals surface area contributed by atoms with Crippen LogP contribution in [-0.4, -0.2) is 49.1 Å². The van der Waals surface area contributed by atoms with Crippen molar-refractivity contribution in [3.8, 4) is 5.88 Å². The number of aromatic nitrogens is 1. The number of furan rings is 1. The number of nitrogens with zero attached hydrogens (tertiary/aromatic N) is 3. The average molecular weight is 539 g/mol. The zero-order valence-electron chi connectivity index (χ0n) is 18.3. The molecule has 2 aromatic rings. The second kappa shape index (κ2) is 12.3. The van der Waals surface area contributed by atoms with Crippen molar-refractivity contribution in [2.24, 2.45) is 10.9 Å². The number of rotatable bonds is 9. The Balaban J connectivity index is 0.00000272. The van der Waals surface area contributed by atoms with Gasteiger partial charge in [0.15, 0.2) is 5.96 Å². The number of guanidine groups is 1. The van der Waals surface area contributed by atoms with Crippen LogP contribution >= 0.6 is 24.0 Å². The number of aliphatic imine (C=N–C) groups is 1. The molecule has 0 bridgehead atoms. The standard InChI is InChI=1S/C23H33N5O2.HI/c1-24-23(26-15-19-9-10-22(25-14-19)30-17-18-7-8-18)27-16-20(21-6-5-13-29-21)28-11-3-2-4-12-28;/h5-6,9-10,13-14,18,20H,2-4,7-8,11-12,15-17H2,1H3,(H2,24,26,27);1H. The van der Waals surface area contributed by atoms with Crippen LogP contribution < -0.4 is 15.4 Å². The van der Waals surface area contributed by atoms with Crippen LogP contribution in [0.25, 0.3) is 0 Å². The molecule has 3 heterocycles. The van der Waals surface area contributed by atoms with Crippen molar-refractivity contribution >= 4 is 29.9 Å². The van der Waals surface area contributed by atoms with Gasteiger partial charge in [-0.05, 0) is 62.4 Å². The third-order valence-corrected chi connectivity index (χ3v) is 5.81. The van der Waals surface area contributed by atoms with Crippen molar-refractivity contribution in [3.63, 3.8) is 0 Å². The number of pyridine rings is 1. The quantitative estimate of drug-likeness (QED) is 0.286. The van der Waals surface area contributed by atoms with E-state index >= 15 is 0 Å². The van der Waals surface area contributed by atoms with Gasteiger partial charge >= 0.3 is 0 Å². The summed E-state index contributed by atoms with van der Waals surface area (Å²) in [6, 6.07) is 8.23. The third kappa shape index (κ3) is 7.38. The summed E-state index contributed by atoms with van der Waals surface area (Å²) in [5.41, 5.74) is 1.09. The normalized spacial score (nSPS) is 18.2. The van der Waals surface area contributed by atoms with Gasteiger partial charge in [0.25, 0.3) is 0 Å². The summed E-state index contributed by atoms with van der Waals surface area (Å²) in [5.74, 6) is 3.22. The van der Waals surface area contributed by atoms with Gasteiger partial charge in [-0.2, -0.15) is 0 Å².